The van der Waals surface area contributed by atoms with Gasteiger partial charge in [-0.15, -0.1) is 0 Å². The standard InChI is InChI=1S/C16H16N4O/c1-2-20-9-18-13-8-17-15(19-16(13)20)12-5-3-4-11-10(12)6-7-14(11)21/h3-5,8-9,14,21H,2,6-7H2,1H3/t14-/m1/s1. The summed E-state index contributed by atoms with van der Waals surface area (Å²) in [7, 11) is 0. The molecule has 0 bridgehead atoms. The molecule has 5 nitrogen and oxygen atoms in total. The second kappa shape index (κ2) is 4.63. The lowest BCUT2D eigenvalue weighted by Gasteiger charge is -2.08. The Morgan fingerprint density at radius 3 is 3.10 bits per heavy atom. The van der Waals surface area contributed by atoms with Crippen molar-refractivity contribution in [2.75, 3.05) is 0 Å². The lowest BCUT2D eigenvalue weighted by Crippen LogP contribution is -1.98. The molecule has 5 heteroatoms. The van der Waals surface area contributed by atoms with Gasteiger partial charge in [-0.1, -0.05) is 18.2 Å². The molecule has 0 fully saturated rings. The summed E-state index contributed by atoms with van der Waals surface area (Å²) in [6.45, 7) is 2.90. The highest BCUT2D eigenvalue weighted by molar-refractivity contribution is 5.74. The molecule has 106 valence electrons. The predicted molar refractivity (Wildman–Crippen MR) is 79.7 cm³/mol. The number of fused-ring (bicyclic) bond motifs is 2. The van der Waals surface area contributed by atoms with Crippen molar-refractivity contribution in [3.05, 3.63) is 41.9 Å². The second-order valence-corrected chi connectivity index (χ2v) is 5.36. The summed E-state index contributed by atoms with van der Waals surface area (Å²) in [5.74, 6) is 0.712. The molecule has 2 heterocycles. The highest BCUT2D eigenvalue weighted by Gasteiger charge is 2.24. The van der Waals surface area contributed by atoms with Crippen molar-refractivity contribution in [3.8, 4) is 11.4 Å². The van der Waals surface area contributed by atoms with E-state index in [1.807, 2.05) is 22.8 Å². The highest BCUT2D eigenvalue weighted by atomic mass is 16.3. The maximum absolute atomic E-state index is 10.0. The molecule has 0 unspecified atom stereocenters. The minimum absolute atomic E-state index is 0.357. The van der Waals surface area contributed by atoms with Crippen LogP contribution in [0.15, 0.2) is 30.7 Å². The van der Waals surface area contributed by atoms with Crippen molar-refractivity contribution in [1.82, 2.24) is 19.5 Å². The molecular weight excluding hydrogens is 264 g/mol. The number of aliphatic hydroxyl groups is 1. The molecule has 1 aliphatic carbocycles. The van der Waals surface area contributed by atoms with Gasteiger partial charge in [0.25, 0.3) is 0 Å². The molecule has 3 aromatic rings. The zero-order valence-electron chi connectivity index (χ0n) is 11.8. The van der Waals surface area contributed by atoms with Crippen LogP contribution in [0.1, 0.15) is 30.6 Å². The monoisotopic (exact) mass is 280 g/mol. The van der Waals surface area contributed by atoms with E-state index in [0.29, 0.717) is 5.82 Å². The van der Waals surface area contributed by atoms with Crippen LogP contribution >= 0.6 is 0 Å². The van der Waals surface area contributed by atoms with Gasteiger partial charge in [-0.3, -0.25) is 0 Å². The number of hydrogen-bond acceptors (Lipinski definition) is 4. The van der Waals surface area contributed by atoms with Crippen LogP contribution in [0, 0.1) is 0 Å². The van der Waals surface area contributed by atoms with Gasteiger partial charge < -0.3 is 9.67 Å². The van der Waals surface area contributed by atoms with Crippen molar-refractivity contribution >= 4 is 11.2 Å². The largest absolute Gasteiger partial charge is 0.388 e. The SMILES string of the molecule is CCn1cnc2cnc(-c3cccc4c3CC[C@H]4O)nc21. The first kappa shape index (κ1) is 12.5. The fourth-order valence-corrected chi connectivity index (χ4v) is 3.06. The highest BCUT2D eigenvalue weighted by Crippen LogP contribution is 2.36. The van der Waals surface area contributed by atoms with Gasteiger partial charge in [0.2, 0.25) is 0 Å². The summed E-state index contributed by atoms with van der Waals surface area (Å²) in [5.41, 5.74) is 4.88. The van der Waals surface area contributed by atoms with Crippen LogP contribution in [0.4, 0.5) is 0 Å². The fraction of sp³-hybridized carbons (Fsp3) is 0.312. The lowest BCUT2D eigenvalue weighted by atomic mass is 10.0. The molecule has 0 amide bonds. The van der Waals surface area contributed by atoms with Gasteiger partial charge in [0.05, 0.1) is 18.6 Å². The van der Waals surface area contributed by atoms with Gasteiger partial charge in [-0.05, 0) is 30.9 Å². The number of aromatic nitrogens is 4. The van der Waals surface area contributed by atoms with E-state index in [4.69, 9.17) is 0 Å². The molecule has 0 saturated heterocycles. The molecule has 2 aromatic heterocycles. The number of imidazole rings is 1. The van der Waals surface area contributed by atoms with Crippen LogP contribution in [0.3, 0.4) is 0 Å². The molecule has 4 rings (SSSR count). The number of aliphatic hydroxyl groups excluding tert-OH is 1. The van der Waals surface area contributed by atoms with Crippen molar-refractivity contribution in [2.45, 2.75) is 32.4 Å². The Labute approximate surface area is 122 Å². The first-order valence-corrected chi connectivity index (χ1v) is 7.26. The van der Waals surface area contributed by atoms with E-state index in [1.165, 1.54) is 5.56 Å². The maximum Gasteiger partial charge on any atom is 0.163 e. The molecule has 1 atom stereocenters. The van der Waals surface area contributed by atoms with Crippen LogP contribution in [0.5, 0.6) is 0 Å². The third-order valence-corrected chi connectivity index (χ3v) is 4.18. The van der Waals surface area contributed by atoms with Gasteiger partial charge >= 0.3 is 0 Å². The van der Waals surface area contributed by atoms with Gasteiger partial charge in [0.15, 0.2) is 11.5 Å². The van der Waals surface area contributed by atoms with Crippen LogP contribution < -0.4 is 0 Å². The van der Waals surface area contributed by atoms with E-state index in [2.05, 4.69) is 21.9 Å². The Hall–Kier alpha value is -2.27. The number of benzene rings is 1. The minimum atomic E-state index is -0.357. The molecule has 0 radical (unpaired) electrons. The molecule has 0 aliphatic heterocycles. The van der Waals surface area contributed by atoms with E-state index in [0.717, 1.165) is 41.7 Å². The lowest BCUT2D eigenvalue weighted by molar-refractivity contribution is 0.180. The molecule has 1 aromatic carbocycles. The van der Waals surface area contributed by atoms with Crippen molar-refractivity contribution < 1.29 is 5.11 Å². The van der Waals surface area contributed by atoms with E-state index in [9.17, 15) is 5.11 Å². The van der Waals surface area contributed by atoms with Crippen LogP contribution in [0.25, 0.3) is 22.6 Å². The summed E-state index contributed by atoms with van der Waals surface area (Å²) in [6, 6.07) is 5.99. The summed E-state index contributed by atoms with van der Waals surface area (Å²) in [6.07, 6.45) is 4.87. The Kier molecular flexibility index (Phi) is 2.75. The summed E-state index contributed by atoms with van der Waals surface area (Å²) in [4.78, 5) is 13.5. The van der Waals surface area contributed by atoms with Crippen molar-refractivity contribution in [2.24, 2.45) is 0 Å². The van der Waals surface area contributed by atoms with Gasteiger partial charge in [0.1, 0.15) is 5.52 Å². The second-order valence-electron chi connectivity index (χ2n) is 5.36. The molecule has 21 heavy (non-hydrogen) atoms. The first-order valence-electron chi connectivity index (χ1n) is 7.26. The topological polar surface area (TPSA) is 63.8 Å². The predicted octanol–water partition coefficient (Wildman–Crippen LogP) is 2.49. The van der Waals surface area contributed by atoms with Gasteiger partial charge in [-0.2, -0.15) is 0 Å². The molecule has 0 saturated carbocycles. The zero-order chi connectivity index (χ0) is 14.4. The third kappa shape index (κ3) is 1.85. The number of aryl methyl sites for hydroxylation is 1. The molecule has 0 spiro atoms. The van der Waals surface area contributed by atoms with E-state index in [1.54, 1.807) is 12.5 Å². The van der Waals surface area contributed by atoms with E-state index in [-0.39, 0.29) is 6.10 Å². The van der Waals surface area contributed by atoms with Crippen LogP contribution in [-0.4, -0.2) is 24.6 Å². The Morgan fingerprint density at radius 2 is 2.24 bits per heavy atom. The Balaban J connectivity index is 1.91. The Bertz CT molecular complexity index is 824. The van der Waals surface area contributed by atoms with Crippen LogP contribution in [-0.2, 0) is 13.0 Å². The van der Waals surface area contributed by atoms with Crippen molar-refractivity contribution in [1.29, 1.82) is 0 Å². The fourth-order valence-electron chi connectivity index (χ4n) is 3.06. The number of rotatable bonds is 2. The Morgan fingerprint density at radius 1 is 1.33 bits per heavy atom. The van der Waals surface area contributed by atoms with Crippen molar-refractivity contribution in [3.63, 3.8) is 0 Å². The van der Waals surface area contributed by atoms with E-state index >= 15 is 0 Å². The smallest absolute Gasteiger partial charge is 0.163 e. The maximum atomic E-state index is 10.0. The summed E-state index contributed by atoms with van der Waals surface area (Å²) in [5, 5.41) is 10.0. The number of hydrogen-bond donors (Lipinski definition) is 1. The summed E-state index contributed by atoms with van der Waals surface area (Å²) < 4.78 is 2.01. The quantitative estimate of drug-likeness (QED) is 0.783. The average molecular weight is 280 g/mol. The molecule has 1 aliphatic rings. The zero-order valence-corrected chi connectivity index (χ0v) is 11.8. The van der Waals surface area contributed by atoms with Crippen LogP contribution in [0.2, 0.25) is 0 Å². The molecule has 1 N–H and O–H groups in total. The average Bonchev–Trinajstić information content (AvgIpc) is 3.10. The minimum Gasteiger partial charge on any atom is -0.388 e. The summed E-state index contributed by atoms with van der Waals surface area (Å²) >= 11 is 0. The number of nitrogens with zero attached hydrogens (tertiary/aromatic N) is 4. The molecular formula is C16H16N4O. The van der Waals surface area contributed by atoms with Gasteiger partial charge in [-0.25, -0.2) is 15.0 Å². The van der Waals surface area contributed by atoms with Gasteiger partial charge in [0, 0.05) is 12.1 Å². The van der Waals surface area contributed by atoms with E-state index < -0.39 is 0 Å². The normalized spacial score (nSPS) is 17.3. The third-order valence-electron chi connectivity index (χ3n) is 4.18. The first-order chi connectivity index (χ1) is 10.3.